The van der Waals surface area contributed by atoms with Crippen LogP contribution in [0.1, 0.15) is 23.2 Å². The van der Waals surface area contributed by atoms with E-state index in [1.807, 2.05) is 0 Å². The molecule has 1 aromatic carbocycles. The third kappa shape index (κ3) is 5.41. The zero-order chi connectivity index (χ0) is 14.5. The van der Waals surface area contributed by atoms with Gasteiger partial charge in [-0.2, -0.15) is 13.2 Å². The summed E-state index contributed by atoms with van der Waals surface area (Å²) in [5, 5.41) is 2.29. The van der Waals surface area contributed by atoms with Crippen molar-refractivity contribution in [2.75, 3.05) is 12.4 Å². The molecule has 0 unspecified atom stereocenters. The second-order valence-corrected chi connectivity index (χ2v) is 3.74. The van der Waals surface area contributed by atoms with E-state index < -0.39 is 30.9 Å². The second-order valence-electron chi connectivity index (χ2n) is 3.74. The summed E-state index contributed by atoms with van der Waals surface area (Å²) in [5.74, 6) is -1.36. The fourth-order valence-corrected chi connectivity index (χ4v) is 1.32. The van der Waals surface area contributed by atoms with Gasteiger partial charge in [0.05, 0.1) is 19.1 Å². The highest BCUT2D eigenvalue weighted by molar-refractivity contribution is 5.94. The van der Waals surface area contributed by atoms with Gasteiger partial charge in [0.25, 0.3) is 0 Å². The van der Waals surface area contributed by atoms with Gasteiger partial charge in [0.15, 0.2) is 0 Å². The second kappa shape index (κ2) is 6.21. The maximum atomic E-state index is 11.9. The summed E-state index contributed by atoms with van der Waals surface area (Å²) in [5.41, 5.74) is 0.450. The Morgan fingerprint density at radius 3 is 2.58 bits per heavy atom. The van der Waals surface area contributed by atoms with Crippen molar-refractivity contribution in [3.63, 3.8) is 0 Å². The maximum Gasteiger partial charge on any atom is 0.389 e. The van der Waals surface area contributed by atoms with Crippen LogP contribution in [0, 0.1) is 0 Å². The van der Waals surface area contributed by atoms with Gasteiger partial charge in [-0.1, -0.05) is 6.07 Å². The molecule has 1 amide bonds. The first-order chi connectivity index (χ1) is 8.81. The normalized spacial score (nSPS) is 10.9. The number of methoxy groups -OCH3 is 1. The Labute approximate surface area is 107 Å². The van der Waals surface area contributed by atoms with Crippen LogP contribution < -0.4 is 5.32 Å². The van der Waals surface area contributed by atoms with E-state index in [-0.39, 0.29) is 11.3 Å². The molecule has 0 spiro atoms. The molecule has 0 aliphatic carbocycles. The smallest absolute Gasteiger partial charge is 0.389 e. The quantitative estimate of drug-likeness (QED) is 0.860. The lowest BCUT2D eigenvalue weighted by atomic mass is 10.2. The van der Waals surface area contributed by atoms with Crippen LogP contribution >= 0.6 is 0 Å². The molecule has 1 N–H and O–H groups in total. The third-order valence-corrected chi connectivity index (χ3v) is 2.20. The Morgan fingerprint density at radius 2 is 2.00 bits per heavy atom. The van der Waals surface area contributed by atoms with Crippen molar-refractivity contribution in [3.8, 4) is 0 Å². The number of carbonyl (C=O) groups excluding carboxylic acids is 2. The molecule has 7 heteroatoms. The lowest BCUT2D eigenvalue weighted by Crippen LogP contribution is -2.16. The van der Waals surface area contributed by atoms with Gasteiger partial charge in [-0.05, 0) is 18.2 Å². The molecule has 0 heterocycles. The molecule has 0 saturated carbocycles. The predicted octanol–water partition coefficient (Wildman–Crippen LogP) is 2.75. The zero-order valence-electron chi connectivity index (χ0n) is 10.1. The van der Waals surface area contributed by atoms with Gasteiger partial charge in [-0.15, -0.1) is 0 Å². The van der Waals surface area contributed by atoms with Gasteiger partial charge >= 0.3 is 12.1 Å². The van der Waals surface area contributed by atoms with Crippen LogP contribution in [0.3, 0.4) is 0 Å². The van der Waals surface area contributed by atoms with Crippen molar-refractivity contribution in [2.24, 2.45) is 0 Å². The van der Waals surface area contributed by atoms with Gasteiger partial charge in [0.1, 0.15) is 0 Å². The van der Waals surface area contributed by atoms with E-state index >= 15 is 0 Å². The minimum atomic E-state index is -4.37. The molecule has 1 rings (SSSR count). The molecule has 104 valence electrons. The number of anilines is 1. The number of hydrogen-bond acceptors (Lipinski definition) is 3. The van der Waals surface area contributed by atoms with Gasteiger partial charge in [0.2, 0.25) is 5.91 Å². The first kappa shape index (κ1) is 15.0. The highest BCUT2D eigenvalue weighted by Gasteiger charge is 2.27. The molecule has 4 nitrogen and oxygen atoms in total. The van der Waals surface area contributed by atoms with Gasteiger partial charge in [-0.3, -0.25) is 4.79 Å². The van der Waals surface area contributed by atoms with Crippen molar-refractivity contribution in [1.82, 2.24) is 0 Å². The number of esters is 1. The molecule has 1 aromatic rings. The fraction of sp³-hybridized carbons (Fsp3) is 0.333. The molecule has 0 aliphatic rings. The van der Waals surface area contributed by atoms with Gasteiger partial charge in [0, 0.05) is 12.1 Å². The Morgan fingerprint density at radius 1 is 1.32 bits per heavy atom. The number of rotatable bonds is 4. The highest BCUT2D eigenvalue weighted by Crippen LogP contribution is 2.21. The molecule has 19 heavy (non-hydrogen) atoms. The summed E-state index contributed by atoms with van der Waals surface area (Å²) in [6, 6.07) is 5.76. The Bertz CT molecular complexity index is 472. The Hall–Kier alpha value is -2.05. The Balaban J connectivity index is 2.62. The van der Waals surface area contributed by atoms with Crippen LogP contribution in [0.2, 0.25) is 0 Å². The summed E-state index contributed by atoms with van der Waals surface area (Å²) in [4.78, 5) is 22.5. The molecular weight excluding hydrogens is 263 g/mol. The lowest BCUT2D eigenvalue weighted by molar-refractivity contribution is -0.142. The summed E-state index contributed by atoms with van der Waals surface area (Å²) in [6.45, 7) is 0. The number of amides is 1. The number of nitrogens with one attached hydrogen (secondary N) is 1. The average molecular weight is 275 g/mol. The van der Waals surface area contributed by atoms with Crippen LogP contribution in [0.25, 0.3) is 0 Å². The molecule has 0 radical (unpaired) electrons. The minimum Gasteiger partial charge on any atom is -0.465 e. The molecule has 0 bridgehead atoms. The van der Waals surface area contributed by atoms with E-state index in [0.29, 0.717) is 0 Å². The van der Waals surface area contributed by atoms with Crippen LogP contribution in [0.15, 0.2) is 24.3 Å². The third-order valence-electron chi connectivity index (χ3n) is 2.20. The van der Waals surface area contributed by atoms with E-state index in [9.17, 15) is 22.8 Å². The maximum absolute atomic E-state index is 11.9. The van der Waals surface area contributed by atoms with E-state index in [2.05, 4.69) is 10.1 Å². The Kier molecular flexibility index (Phi) is 4.91. The predicted molar refractivity (Wildman–Crippen MR) is 61.7 cm³/mol. The standard InChI is InChI=1S/C12H12F3NO3/c1-19-11(18)8-3-2-4-9(7-8)16-10(17)5-6-12(13,14)15/h2-4,7H,5-6H2,1H3,(H,16,17). The highest BCUT2D eigenvalue weighted by atomic mass is 19.4. The number of alkyl halides is 3. The number of ether oxygens (including phenoxy) is 1. The molecule has 0 fully saturated rings. The summed E-state index contributed by atoms with van der Waals surface area (Å²) in [7, 11) is 1.21. The van der Waals surface area contributed by atoms with E-state index in [0.717, 1.165) is 0 Å². The van der Waals surface area contributed by atoms with Gasteiger partial charge in [-0.25, -0.2) is 4.79 Å². The van der Waals surface area contributed by atoms with Crippen LogP contribution in [0.4, 0.5) is 18.9 Å². The van der Waals surface area contributed by atoms with Crippen LogP contribution in [0.5, 0.6) is 0 Å². The zero-order valence-corrected chi connectivity index (χ0v) is 10.1. The van der Waals surface area contributed by atoms with Crippen LogP contribution in [-0.4, -0.2) is 25.2 Å². The average Bonchev–Trinajstić information content (AvgIpc) is 2.35. The molecule has 0 aromatic heterocycles. The molecule has 0 aliphatic heterocycles. The SMILES string of the molecule is COC(=O)c1cccc(NC(=O)CCC(F)(F)F)c1. The minimum absolute atomic E-state index is 0.205. The first-order valence-corrected chi connectivity index (χ1v) is 5.37. The summed E-state index contributed by atoms with van der Waals surface area (Å²) < 4.78 is 40.3. The largest absolute Gasteiger partial charge is 0.465 e. The molecular formula is C12H12F3NO3. The van der Waals surface area contributed by atoms with Gasteiger partial charge < -0.3 is 10.1 Å². The van der Waals surface area contributed by atoms with Crippen molar-refractivity contribution in [3.05, 3.63) is 29.8 Å². The van der Waals surface area contributed by atoms with Crippen molar-refractivity contribution in [1.29, 1.82) is 0 Å². The molecule has 0 atom stereocenters. The number of hydrogen-bond donors (Lipinski definition) is 1. The monoisotopic (exact) mass is 275 g/mol. The topological polar surface area (TPSA) is 55.4 Å². The van der Waals surface area contributed by atoms with Crippen molar-refractivity contribution >= 4 is 17.6 Å². The van der Waals surface area contributed by atoms with Crippen molar-refractivity contribution in [2.45, 2.75) is 19.0 Å². The van der Waals surface area contributed by atoms with E-state index in [4.69, 9.17) is 0 Å². The van der Waals surface area contributed by atoms with Crippen LogP contribution in [-0.2, 0) is 9.53 Å². The van der Waals surface area contributed by atoms with Crippen molar-refractivity contribution < 1.29 is 27.5 Å². The first-order valence-electron chi connectivity index (χ1n) is 5.37. The van der Waals surface area contributed by atoms with E-state index in [1.54, 1.807) is 0 Å². The number of benzene rings is 1. The summed E-state index contributed by atoms with van der Waals surface area (Å²) >= 11 is 0. The van der Waals surface area contributed by atoms with E-state index in [1.165, 1.54) is 31.4 Å². The summed E-state index contributed by atoms with van der Waals surface area (Å²) in [6.07, 6.45) is -6.22. The number of carbonyl (C=O) groups is 2. The number of halogens is 3. The molecule has 0 saturated heterocycles. The fourth-order valence-electron chi connectivity index (χ4n) is 1.32. The lowest BCUT2D eigenvalue weighted by Gasteiger charge is -2.08.